The van der Waals surface area contributed by atoms with Gasteiger partial charge in [-0.25, -0.2) is 19.6 Å². The van der Waals surface area contributed by atoms with Crippen LogP contribution >= 0.6 is 11.3 Å². The van der Waals surface area contributed by atoms with Gasteiger partial charge in [0.15, 0.2) is 19.0 Å². The van der Waals surface area contributed by atoms with Gasteiger partial charge in [0.05, 0.1) is 12.0 Å². The third-order valence-corrected chi connectivity index (χ3v) is 5.69. The average Bonchev–Trinajstić information content (AvgIpc) is 3.04. The lowest BCUT2D eigenvalue weighted by molar-refractivity contribution is -0.147. The van der Waals surface area contributed by atoms with E-state index in [4.69, 9.17) is 19.9 Å². The highest BCUT2D eigenvalue weighted by Gasteiger charge is 2.20. The van der Waals surface area contributed by atoms with E-state index in [-0.39, 0.29) is 31.5 Å². The predicted molar refractivity (Wildman–Crippen MR) is 114 cm³/mol. The average molecular weight is 429 g/mol. The van der Waals surface area contributed by atoms with E-state index in [1.165, 1.54) is 11.3 Å². The molecule has 2 N–H and O–H groups in total. The molecule has 3 aromatic rings. The summed E-state index contributed by atoms with van der Waals surface area (Å²) in [5.41, 5.74) is 8.95. The van der Waals surface area contributed by atoms with Crippen molar-refractivity contribution in [3.63, 3.8) is 0 Å². The topological polar surface area (TPSA) is 114 Å². The van der Waals surface area contributed by atoms with Crippen LogP contribution in [0.3, 0.4) is 0 Å². The molecule has 0 amide bonds. The number of esters is 2. The van der Waals surface area contributed by atoms with Crippen molar-refractivity contribution in [3.8, 4) is 5.75 Å². The molecule has 8 nitrogen and oxygen atoms in total. The summed E-state index contributed by atoms with van der Waals surface area (Å²) in [7, 11) is 0. The number of anilines is 1. The smallest absolute Gasteiger partial charge is 0.348 e. The number of carbonyl (C=O) groups excluding carboxylic acids is 2. The molecule has 0 saturated heterocycles. The minimum Gasteiger partial charge on any atom is -0.482 e. The molecular weight excluding hydrogens is 406 g/mol. The number of carbonyl (C=O) groups is 2. The number of aromatic nitrogens is 2. The van der Waals surface area contributed by atoms with E-state index in [0.717, 1.165) is 11.1 Å². The zero-order valence-corrected chi connectivity index (χ0v) is 18.1. The Morgan fingerprint density at radius 1 is 1.10 bits per heavy atom. The third kappa shape index (κ3) is 4.68. The molecule has 0 spiro atoms. The summed E-state index contributed by atoms with van der Waals surface area (Å²) in [4.78, 5) is 33.7. The van der Waals surface area contributed by atoms with E-state index in [1.807, 2.05) is 26.0 Å². The molecule has 0 bridgehead atoms. The largest absolute Gasteiger partial charge is 0.482 e. The van der Waals surface area contributed by atoms with Gasteiger partial charge in [0, 0.05) is 0 Å². The summed E-state index contributed by atoms with van der Waals surface area (Å²) < 4.78 is 15.7. The van der Waals surface area contributed by atoms with Gasteiger partial charge in [-0.2, -0.15) is 0 Å². The Labute approximate surface area is 178 Å². The van der Waals surface area contributed by atoms with Crippen LogP contribution in [-0.4, -0.2) is 35.1 Å². The number of aryl methyl sites for hydroxylation is 3. The molecule has 2 heterocycles. The third-order valence-electron chi connectivity index (χ3n) is 4.52. The van der Waals surface area contributed by atoms with Gasteiger partial charge in [-0.3, -0.25) is 0 Å². The summed E-state index contributed by atoms with van der Waals surface area (Å²) >= 11 is 1.17. The number of ether oxygens (including phenoxy) is 3. The standard InChI is InChI=1S/C21H23N3O5S/c1-5-27-21(26)18-13(4)17-19(22)23-15(24-20(17)30-18)9-29-16(25)10-28-14-7-6-11(2)12(3)8-14/h6-8H,5,9-10H2,1-4H3,(H2,22,23,24). The molecule has 2 aromatic heterocycles. The zero-order valence-electron chi connectivity index (χ0n) is 17.3. The Bertz CT molecular complexity index is 1110. The highest BCUT2D eigenvalue weighted by atomic mass is 32.1. The number of fused-ring (bicyclic) bond motifs is 1. The van der Waals surface area contributed by atoms with Crippen molar-refractivity contribution in [2.75, 3.05) is 18.9 Å². The van der Waals surface area contributed by atoms with Crippen molar-refractivity contribution in [3.05, 3.63) is 45.6 Å². The van der Waals surface area contributed by atoms with Crippen LogP contribution in [0.25, 0.3) is 10.2 Å². The minimum atomic E-state index is -0.551. The van der Waals surface area contributed by atoms with Gasteiger partial charge in [-0.05, 0) is 56.5 Å². The van der Waals surface area contributed by atoms with Crippen molar-refractivity contribution in [1.29, 1.82) is 0 Å². The van der Waals surface area contributed by atoms with Crippen molar-refractivity contribution in [2.24, 2.45) is 0 Å². The fourth-order valence-electron chi connectivity index (χ4n) is 2.80. The summed E-state index contributed by atoms with van der Waals surface area (Å²) in [6.07, 6.45) is 0. The molecule has 0 radical (unpaired) electrons. The summed E-state index contributed by atoms with van der Waals surface area (Å²) in [5.74, 6) is 0.0920. The highest BCUT2D eigenvalue weighted by Crippen LogP contribution is 2.33. The van der Waals surface area contributed by atoms with Crippen LogP contribution in [-0.2, 0) is 20.9 Å². The molecule has 0 saturated carbocycles. The van der Waals surface area contributed by atoms with Crippen molar-refractivity contribution in [2.45, 2.75) is 34.3 Å². The Morgan fingerprint density at radius 2 is 1.87 bits per heavy atom. The molecule has 1 aromatic carbocycles. The Kier molecular flexibility index (Phi) is 6.51. The zero-order chi connectivity index (χ0) is 21.8. The molecule has 30 heavy (non-hydrogen) atoms. The number of nitrogens with two attached hydrogens (primary N) is 1. The number of benzene rings is 1. The second-order valence-corrected chi connectivity index (χ2v) is 7.68. The maximum atomic E-state index is 12.1. The normalized spacial score (nSPS) is 10.8. The number of nitrogen functional groups attached to an aromatic ring is 1. The minimum absolute atomic E-state index is 0.152. The quantitative estimate of drug-likeness (QED) is 0.568. The SMILES string of the molecule is CCOC(=O)c1sc2nc(COC(=O)COc3ccc(C)c(C)c3)nc(N)c2c1C. The van der Waals surface area contributed by atoms with Gasteiger partial charge >= 0.3 is 11.9 Å². The maximum absolute atomic E-state index is 12.1. The van der Waals surface area contributed by atoms with Crippen LogP contribution in [0.1, 0.15) is 39.1 Å². The van der Waals surface area contributed by atoms with Crippen molar-refractivity contribution in [1.82, 2.24) is 9.97 Å². The van der Waals surface area contributed by atoms with Crippen LogP contribution in [0.2, 0.25) is 0 Å². The predicted octanol–water partition coefficient (Wildman–Crippen LogP) is 3.50. The molecule has 0 aliphatic heterocycles. The fraction of sp³-hybridized carbons (Fsp3) is 0.333. The first-order chi connectivity index (χ1) is 14.3. The fourth-order valence-corrected chi connectivity index (χ4v) is 3.91. The summed E-state index contributed by atoms with van der Waals surface area (Å²) in [6, 6.07) is 5.59. The molecule has 0 atom stereocenters. The van der Waals surface area contributed by atoms with Crippen molar-refractivity contribution >= 4 is 39.3 Å². The maximum Gasteiger partial charge on any atom is 0.348 e. The Hall–Kier alpha value is -3.20. The number of thiophene rings is 1. The molecule has 0 unspecified atom stereocenters. The monoisotopic (exact) mass is 429 g/mol. The Balaban J connectivity index is 1.66. The van der Waals surface area contributed by atoms with E-state index in [0.29, 0.717) is 26.4 Å². The molecule has 0 aliphatic rings. The molecule has 9 heteroatoms. The molecule has 3 rings (SSSR count). The van der Waals surface area contributed by atoms with Crippen LogP contribution < -0.4 is 10.5 Å². The lowest BCUT2D eigenvalue weighted by Gasteiger charge is -2.08. The molecule has 0 aliphatic carbocycles. The van der Waals surface area contributed by atoms with Crippen LogP contribution in [0.15, 0.2) is 18.2 Å². The summed E-state index contributed by atoms with van der Waals surface area (Å²) in [6.45, 7) is 7.38. The van der Waals surface area contributed by atoms with Gasteiger partial charge in [-0.15, -0.1) is 11.3 Å². The number of hydrogen-bond acceptors (Lipinski definition) is 9. The number of hydrogen-bond donors (Lipinski definition) is 1. The molecule has 0 fully saturated rings. The van der Waals surface area contributed by atoms with Gasteiger partial charge in [0.1, 0.15) is 21.3 Å². The molecular formula is C21H23N3O5S. The van der Waals surface area contributed by atoms with Crippen LogP contribution in [0, 0.1) is 20.8 Å². The second-order valence-electron chi connectivity index (χ2n) is 6.68. The van der Waals surface area contributed by atoms with E-state index in [2.05, 4.69) is 9.97 Å². The van der Waals surface area contributed by atoms with E-state index < -0.39 is 11.9 Å². The number of nitrogens with zero attached hydrogens (tertiary/aromatic N) is 2. The van der Waals surface area contributed by atoms with Gasteiger partial charge < -0.3 is 19.9 Å². The summed E-state index contributed by atoms with van der Waals surface area (Å²) in [5, 5.41) is 0.608. The van der Waals surface area contributed by atoms with E-state index >= 15 is 0 Å². The first-order valence-electron chi connectivity index (χ1n) is 9.38. The molecule has 158 valence electrons. The first-order valence-corrected chi connectivity index (χ1v) is 10.2. The van der Waals surface area contributed by atoms with Crippen LogP contribution in [0.5, 0.6) is 5.75 Å². The lowest BCUT2D eigenvalue weighted by Crippen LogP contribution is -2.16. The van der Waals surface area contributed by atoms with Gasteiger partial charge in [0.2, 0.25) is 0 Å². The van der Waals surface area contributed by atoms with Crippen molar-refractivity contribution < 1.29 is 23.8 Å². The van der Waals surface area contributed by atoms with Gasteiger partial charge in [-0.1, -0.05) is 6.07 Å². The van der Waals surface area contributed by atoms with Gasteiger partial charge in [0.25, 0.3) is 0 Å². The van der Waals surface area contributed by atoms with Crippen LogP contribution in [0.4, 0.5) is 5.82 Å². The Morgan fingerprint density at radius 3 is 2.57 bits per heavy atom. The number of rotatable bonds is 7. The lowest BCUT2D eigenvalue weighted by atomic mass is 10.1. The first kappa shape index (κ1) is 21.5. The van der Waals surface area contributed by atoms with E-state index in [9.17, 15) is 9.59 Å². The van der Waals surface area contributed by atoms with E-state index in [1.54, 1.807) is 19.9 Å². The second kappa shape index (κ2) is 9.08. The highest BCUT2D eigenvalue weighted by molar-refractivity contribution is 7.20.